The van der Waals surface area contributed by atoms with E-state index in [4.69, 9.17) is 4.74 Å². The van der Waals surface area contributed by atoms with Crippen LogP contribution in [0.15, 0.2) is 59.1 Å². The molecule has 2 rings (SSSR count). The van der Waals surface area contributed by atoms with Crippen molar-refractivity contribution >= 4 is 21.6 Å². The lowest BCUT2D eigenvalue weighted by Gasteiger charge is -2.13. The first-order valence-electron chi connectivity index (χ1n) is 6.53. The van der Waals surface area contributed by atoms with Crippen LogP contribution < -0.4 is 5.32 Å². The van der Waals surface area contributed by atoms with Crippen LogP contribution in [-0.2, 0) is 11.3 Å². The van der Waals surface area contributed by atoms with Crippen LogP contribution in [0.4, 0.5) is 5.69 Å². The Morgan fingerprint density at radius 1 is 1.10 bits per heavy atom. The van der Waals surface area contributed by atoms with E-state index in [2.05, 4.69) is 21.2 Å². The number of aliphatic hydroxyl groups excluding tert-OH is 1. The lowest BCUT2D eigenvalue weighted by molar-refractivity contribution is 0.0348. The Balaban J connectivity index is 1.67. The van der Waals surface area contributed by atoms with Crippen LogP contribution in [0.25, 0.3) is 0 Å². The fraction of sp³-hybridized carbons (Fsp3) is 0.250. The molecule has 4 heteroatoms. The van der Waals surface area contributed by atoms with Crippen LogP contribution >= 0.6 is 15.9 Å². The molecule has 2 aromatic carbocycles. The smallest absolute Gasteiger partial charge is 0.0945 e. The average Bonchev–Trinajstić information content (AvgIpc) is 2.46. The molecule has 0 saturated heterocycles. The van der Waals surface area contributed by atoms with Gasteiger partial charge in [0.15, 0.2) is 0 Å². The molecule has 0 bridgehead atoms. The van der Waals surface area contributed by atoms with Gasteiger partial charge in [0.2, 0.25) is 0 Å². The van der Waals surface area contributed by atoms with Gasteiger partial charge in [0.25, 0.3) is 0 Å². The minimum absolute atomic E-state index is 0.315. The van der Waals surface area contributed by atoms with Gasteiger partial charge in [-0.2, -0.15) is 0 Å². The molecule has 0 aliphatic heterocycles. The average molecular weight is 336 g/mol. The lowest BCUT2D eigenvalue weighted by atomic mass is 10.2. The molecule has 106 valence electrons. The monoisotopic (exact) mass is 335 g/mol. The molecule has 3 nitrogen and oxygen atoms in total. The first-order valence-corrected chi connectivity index (χ1v) is 7.32. The van der Waals surface area contributed by atoms with Crippen molar-refractivity contribution in [2.45, 2.75) is 12.7 Å². The van der Waals surface area contributed by atoms with E-state index in [0.717, 1.165) is 15.7 Å². The van der Waals surface area contributed by atoms with Crippen LogP contribution in [0.3, 0.4) is 0 Å². The minimum atomic E-state index is -0.530. The van der Waals surface area contributed by atoms with Gasteiger partial charge in [-0.15, -0.1) is 0 Å². The predicted octanol–water partition coefficient (Wildman–Crippen LogP) is 3.44. The number of halogens is 1. The Hall–Kier alpha value is -1.36. The Morgan fingerprint density at radius 2 is 1.90 bits per heavy atom. The van der Waals surface area contributed by atoms with E-state index in [1.165, 1.54) is 0 Å². The predicted molar refractivity (Wildman–Crippen MR) is 84.7 cm³/mol. The van der Waals surface area contributed by atoms with Crippen molar-refractivity contribution in [2.24, 2.45) is 0 Å². The lowest BCUT2D eigenvalue weighted by Crippen LogP contribution is -2.24. The van der Waals surface area contributed by atoms with E-state index in [9.17, 15) is 5.11 Å². The molecule has 0 spiro atoms. The van der Waals surface area contributed by atoms with Crippen LogP contribution in [0.5, 0.6) is 0 Å². The summed E-state index contributed by atoms with van der Waals surface area (Å²) in [7, 11) is 0. The molecule has 0 aliphatic rings. The van der Waals surface area contributed by atoms with E-state index >= 15 is 0 Å². The topological polar surface area (TPSA) is 41.5 Å². The largest absolute Gasteiger partial charge is 0.389 e. The molecular formula is C16H18BrNO2. The number of nitrogens with one attached hydrogen (secondary N) is 1. The summed E-state index contributed by atoms with van der Waals surface area (Å²) in [6, 6.07) is 17.8. The number of hydrogen-bond acceptors (Lipinski definition) is 3. The number of hydrogen-bond donors (Lipinski definition) is 2. The van der Waals surface area contributed by atoms with Gasteiger partial charge in [0, 0.05) is 16.7 Å². The van der Waals surface area contributed by atoms with E-state index < -0.39 is 6.10 Å². The molecular weight excluding hydrogens is 318 g/mol. The first-order chi connectivity index (χ1) is 9.74. The second-order valence-electron chi connectivity index (χ2n) is 4.55. The van der Waals surface area contributed by atoms with E-state index in [1.807, 2.05) is 54.6 Å². The molecule has 0 fully saturated rings. The van der Waals surface area contributed by atoms with Gasteiger partial charge in [0.05, 0.1) is 19.3 Å². The first kappa shape index (κ1) is 15.0. The quantitative estimate of drug-likeness (QED) is 0.814. The third-order valence-electron chi connectivity index (χ3n) is 2.79. The highest BCUT2D eigenvalue weighted by molar-refractivity contribution is 9.10. The highest BCUT2D eigenvalue weighted by atomic mass is 79.9. The summed E-state index contributed by atoms with van der Waals surface area (Å²) in [4.78, 5) is 0. The van der Waals surface area contributed by atoms with Crippen molar-refractivity contribution < 1.29 is 9.84 Å². The van der Waals surface area contributed by atoms with Gasteiger partial charge in [-0.25, -0.2) is 0 Å². The zero-order chi connectivity index (χ0) is 14.2. The SMILES string of the molecule is OC(CNc1cccc(Br)c1)COCc1ccccc1. The van der Waals surface area contributed by atoms with Crippen molar-refractivity contribution in [3.05, 3.63) is 64.6 Å². The van der Waals surface area contributed by atoms with Crippen LogP contribution in [0, 0.1) is 0 Å². The van der Waals surface area contributed by atoms with Crippen LogP contribution in [0.1, 0.15) is 5.56 Å². The number of rotatable bonds is 7. The Bertz CT molecular complexity index is 519. The van der Waals surface area contributed by atoms with Crippen molar-refractivity contribution in [3.8, 4) is 0 Å². The highest BCUT2D eigenvalue weighted by Crippen LogP contribution is 2.15. The van der Waals surface area contributed by atoms with Gasteiger partial charge in [-0.1, -0.05) is 52.3 Å². The molecule has 0 saturated carbocycles. The van der Waals surface area contributed by atoms with Gasteiger partial charge in [0.1, 0.15) is 0 Å². The second kappa shape index (κ2) is 8.04. The summed E-state index contributed by atoms with van der Waals surface area (Å²) in [5.41, 5.74) is 2.08. The highest BCUT2D eigenvalue weighted by Gasteiger charge is 2.04. The maximum absolute atomic E-state index is 9.86. The van der Waals surface area contributed by atoms with Gasteiger partial charge >= 0.3 is 0 Å². The number of benzene rings is 2. The Labute approximate surface area is 127 Å². The van der Waals surface area contributed by atoms with E-state index in [-0.39, 0.29) is 0 Å². The minimum Gasteiger partial charge on any atom is -0.389 e. The van der Waals surface area contributed by atoms with Crippen molar-refractivity contribution in [1.82, 2.24) is 0 Å². The summed E-state index contributed by atoms with van der Waals surface area (Å²) in [6.45, 7) is 1.30. The standard InChI is InChI=1S/C16H18BrNO2/c17-14-7-4-8-15(9-14)18-10-16(19)12-20-11-13-5-2-1-3-6-13/h1-9,16,18-19H,10-12H2. The zero-order valence-electron chi connectivity index (χ0n) is 11.1. The molecule has 0 radical (unpaired) electrons. The fourth-order valence-corrected chi connectivity index (χ4v) is 2.18. The normalized spacial score (nSPS) is 12.1. The molecule has 1 unspecified atom stereocenters. The van der Waals surface area contributed by atoms with Gasteiger partial charge in [-0.3, -0.25) is 0 Å². The van der Waals surface area contributed by atoms with Gasteiger partial charge < -0.3 is 15.2 Å². The van der Waals surface area contributed by atoms with Crippen molar-refractivity contribution in [1.29, 1.82) is 0 Å². The van der Waals surface area contributed by atoms with E-state index in [0.29, 0.717) is 19.8 Å². The molecule has 0 aliphatic carbocycles. The molecule has 2 aromatic rings. The molecule has 0 heterocycles. The third kappa shape index (κ3) is 5.33. The molecule has 1 atom stereocenters. The Morgan fingerprint density at radius 3 is 2.65 bits per heavy atom. The molecule has 0 amide bonds. The third-order valence-corrected chi connectivity index (χ3v) is 3.28. The second-order valence-corrected chi connectivity index (χ2v) is 5.46. The molecule has 2 N–H and O–H groups in total. The van der Waals surface area contributed by atoms with Crippen molar-refractivity contribution in [2.75, 3.05) is 18.5 Å². The van der Waals surface area contributed by atoms with Crippen LogP contribution in [-0.4, -0.2) is 24.4 Å². The summed E-state index contributed by atoms with van der Waals surface area (Å²) in [5, 5.41) is 13.0. The van der Waals surface area contributed by atoms with Crippen molar-refractivity contribution in [3.63, 3.8) is 0 Å². The zero-order valence-corrected chi connectivity index (χ0v) is 12.7. The summed E-state index contributed by atoms with van der Waals surface area (Å²) >= 11 is 3.41. The summed E-state index contributed by atoms with van der Waals surface area (Å²) in [6.07, 6.45) is -0.530. The van der Waals surface area contributed by atoms with Gasteiger partial charge in [-0.05, 0) is 23.8 Å². The number of aliphatic hydroxyl groups is 1. The van der Waals surface area contributed by atoms with E-state index in [1.54, 1.807) is 0 Å². The van der Waals surface area contributed by atoms with Crippen LogP contribution in [0.2, 0.25) is 0 Å². The fourth-order valence-electron chi connectivity index (χ4n) is 1.78. The number of anilines is 1. The molecule has 0 aromatic heterocycles. The number of ether oxygens (including phenoxy) is 1. The summed E-state index contributed by atoms with van der Waals surface area (Å²) in [5.74, 6) is 0. The molecule has 20 heavy (non-hydrogen) atoms. The Kier molecular flexibility index (Phi) is 6.05. The maximum Gasteiger partial charge on any atom is 0.0945 e. The summed E-state index contributed by atoms with van der Waals surface area (Å²) < 4.78 is 6.51. The maximum atomic E-state index is 9.86.